The molecule has 0 saturated carbocycles. The van der Waals surface area contributed by atoms with Crippen molar-refractivity contribution in [1.29, 1.82) is 0 Å². The number of hydrogen-bond donors (Lipinski definition) is 2. The van der Waals surface area contributed by atoms with Crippen molar-refractivity contribution in [2.24, 2.45) is 5.73 Å². The second kappa shape index (κ2) is 2.21. The molecule has 1 rings (SSSR count). The molecular weight excluding hydrogens is 132 g/mol. The number of carbonyl (C=O) groups excluding carboxylic acids is 1. The zero-order valence-corrected chi connectivity index (χ0v) is 6.00. The van der Waals surface area contributed by atoms with Crippen LogP contribution in [0, 0.1) is 0 Å². The Balaban J connectivity index is 2.21. The molecule has 0 atom stereocenters. The van der Waals surface area contributed by atoms with Gasteiger partial charge in [-0.3, -0.25) is 9.69 Å². The zero-order valence-electron chi connectivity index (χ0n) is 6.00. The summed E-state index contributed by atoms with van der Waals surface area (Å²) in [6, 6.07) is 0. The Morgan fingerprint density at radius 2 is 2.30 bits per heavy atom. The number of likely N-dealkylation sites (tertiary alicyclic amines) is 1. The highest BCUT2D eigenvalue weighted by atomic mass is 16.3. The summed E-state index contributed by atoms with van der Waals surface area (Å²) in [5.74, 6) is -0.338. The van der Waals surface area contributed by atoms with Crippen molar-refractivity contribution in [2.45, 2.75) is 12.5 Å². The molecule has 0 aromatic heterocycles. The van der Waals surface area contributed by atoms with E-state index in [1.165, 1.54) is 0 Å². The van der Waals surface area contributed by atoms with E-state index in [1.807, 2.05) is 4.90 Å². The van der Waals surface area contributed by atoms with Crippen LogP contribution in [0.3, 0.4) is 0 Å². The molecule has 4 nitrogen and oxygen atoms in total. The molecule has 0 spiro atoms. The van der Waals surface area contributed by atoms with Crippen molar-refractivity contribution in [3.05, 3.63) is 0 Å². The minimum Gasteiger partial charge on any atom is -0.388 e. The molecule has 1 heterocycles. The van der Waals surface area contributed by atoms with Crippen molar-refractivity contribution in [3.8, 4) is 0 Å². The normalized spacial score (nSPS) is 23.8. The van der Waals surface area contributed by atoms with Crippen LogP contribution in [0.25, 0.3) is 0 Å². The molecule has 0 aromatic rings. The van der Waals surface area contributed by atoms with Gasteiger partial charge in [0, 0.05) is 13.1 Å². The molecule has 0 aromatic carbocycles. The number of nitrogens with zero attached hydrogens (tertiary/aromatic N) is 1. The molecule has 1 aliphatic heterocycles. The molecule has 58 valence electrons. The summed E-state index contributed by atoms with van der Waals surface area (Å²) in [5.41, 5.74) is 4.33. The van der Waals surface area contributed by atoms with Gasteiger partial charge in [-0.15, -0.1) is 0 Å². The van der Waals surface area contributed by atoms with E-state index in [2.05, 4.69) is 0 Å². The molecule has 10 heavy (non-hydrogen) atoms. The summed E-state index contributed by atoms with van der Waals surface area (Å²) in [5, 5.41) is 9.20. The van der Waals surface area contributed by atoms with Gasteiger partial charge >= 0.3 is 0 Å². The van der Waals surface area contributed by atoms with Crippen molar-refractivity contribution in [3.63, 3.8) is 0 Å². The van der Waals surface area contributed by atoms with E-state index in [-0.39, 0.29) is 12.5 Å². The average molecular weight is 144 g/mol. The second-order valence-corrected chi connectivity index (χ2v) is 3.11. The number of aliphatic hydroxyl groups is 1. The Labute approximate surface area is 59.6 Å². The number of β-amino-alcohol motifs (C(OH)–C–C–N with tert-alkyl or cyclic N) is 1. The van der Waals surface area contributed by atoms with Gasteiger partial charge in [-0.05, 0) is 6.92 Å². The highest BCUT2D eigenvalue weighted by molar-refractivity contribution is 5.76. The molecule has 1 aliphatic rings. The summed E-state index contributed by atoms with van der Waals surface area (Å²) in [7, 11) is 0. The van der Waals surface area contributed by atoms with Crippen molar-refractivity contribution >= 4 is 5.91 Å². The van der Waals surface area contributed by atoms with Gasteiger partial charge in [0.15, 0.2) is 0 Å². The van der Waals surface area contributed by atoms with Crippen LogP contribution < -0.4 is 5.73 Å². The van der Waals surface area contributed by atoms with Gasteiger partial charge in [0.2, 0.25) is 5.91 Å². The second-order valence-electron chi connectivity index (χ2n) is 3.11. The van der Waals surface area contributed by atoms with Gasteiger partial charge < -0.3 is 10.8 Å². The third-order valence-electron chi connectivity index (χ3n) is 1.51. The Morgan fingerprint density at radius 1 is 1.80 bits per heavy atom. The number of nitrogens with two attached hydrogens (primary N) is 1. The van der Waals surface area contributed by atoms with Gasteiger partial charge in [0.1, 0.15) is 0 Å². The number of amides is 1. The van der Waals surface area contributed by atoms with Crippen LogP contribution >= 0.6 is 0 Å². The number of carbonyl (C=O) groups is 1. The first-order valence-corrected chi connectivity index (χ1v) is 3.23. The maximum absolute atomic E-state index is 10.3. The highest BCUT2D eigenvalue weighted by Gasteiger charge is 2.36. The predicted octanol–water partition coefficient (Wildman–Crippen LogP) is -1.46. The van der Waals surface area contributed by atoms with Gasteiger partial charge in [0.05, 0.1) is 12.1 Å². The van der Waals surface area contributed by atoms with Crippen LogP contribution in [-0.4, -0.2) is 41.1 Å². The summed E-state index contributed by atoms with van der Waals surface area (Å²) in [6.07, 6.45) is 0. The van der Waals surface area contributed by atoms with E-state index in [0.29, 0.717) is 13.1 Å². The van der Waals surface area contributed by atoms with E-state index >= 15 is 0 Å². The predicted molar refractivity (Wildman–Crippen MR) is 36.3 cm³/mol. The number of rotatable bonds is 2. The Hall–Kier alpha value is -0.610. The molecule has 0 radical (unpaired) electrons. The lowest BCUT2D eigenvalue weighted by Gasteiger charge is -2.43. The first kappa shape index (κ1) is 7.50. The van der Waals surface area contributed by atoms with E-state index in [9.17, 15) is 9.90 Å². The lowest BCUT2D eigenvalue weighted by atomic mass is 9.97. The molecule has 0 unspecified atom stereocenters. The topological polar surface area (TPSA) is 66.6 Å². The van der Waals surface area contributed by atoms with Crippen LogP contribution in [0.15, 0.2) is 0 Å². The molecule has 1 amide bonds. The van der Waals surface area contributed by atoms with Crippen LogP contribution in [0.5, 0.6) is 0 Å². The van der Waals surface area contributed by atoms with E-state index in [4.69, 9.17) is 5.73 Å². The third kappa shape index (κ3) is 1.68. The van der Waals surface area contributed by atoms with Crippen LogP contribution in [-0.2, 0) is 4.79 Å². The fraction of sp³-hybridized carbons (Fsp3) is 0.833. The zero-order chi connectivity index (χ0) is 7.78. The summed E-state index contributed by atoms with van der Waals surface area (Å²) >= 11 is 0. The largest absolute Gasteiger partial charge is 0.388 e. The Kier molecular flexibility index (Phi) is 1.66. The van der Waals surface area contributed by atoms with Crippen molar-refractivity contribution < 1.29 is 9.90 Å². The lowest BCUT2D eigenvalue weighted by Crippen LogP contribution is -2.61. The van der Waals surface area contributed by atoms with Crippen LogP contribution in [0.4, 0.5) is 0 Å². The van der Waals surface area contributed by atoms with Crippen LogP contribution in [0.2, 0.25) is 0 Å². The van der Waals surface area contributed by atoms with Crippen molar-refractivity contribution in [2.75, 3.05) is 19.6 Å². The van der Waals surface area contributed by atoms with Gasteiger partial charge in [0.25, 0.3) is 0 Å². The fourth-order valence-corrected chi connectivity index (χ4v) is 1.25. The molecule has 1 fully saturated rings. The maximum atomic E-state index is 10.3. The molecule has 0 aliphatic carbocycles. The molecule has 3 N–H and O–H groups in total. The first-order valence-electron chi connectivity index (χ1n) is 3.23. The quantitative estimate of drug-likeness (QED) is 0.497. The van der Waals surface area contributed by atoms with E-state index in [1.54, 1.807) is 6.92 Å². The Bertz CT molecular complexity index is 148. The van der Waals surface area contributed by atoms with Crippen LogP contribution in [0.1, 0.15) is 6.92 Å². The minimum atomic E-state index is -0.602. The van der Waals surface area contributed by atoms with Gasteiger partial charge in [-0.2, -0.15) is 0 Å². The minimum absolute atomic E-state index is 0.260. The smallest absolute Gasteiger partial charge is 0.231 e. The molecular formula is C6H12N2O2. The highest BCUT2D eigenvalue weighted by Crippen LogP contribution is 2.18. The lowest BCUT2D eigenvalue weighted by molar-refractivity contribution is -0.127. The first-order chi connectivity index (χ1) is 4.49. The molecule has 1 saturated heterocycles. The van der Waals surface area contributed by atoms with Gasteiger partial charge in [-0.25, -0.2) is 0 Å². The summed E-state index contributed by atoms with van der Waals surface area (Å²) < 4.78 is 0. The Morgan fingerprint density at radius 3 is 2.60 bits per heavy atom. The van der Waals surface area contributed by atoms with E-state index in [0.717, 1.165) is 0 Å². The standard InChI is InChI=1S/C6H12N2O2/c1-6(10)3-8(4-6)2-5(7)9/h10H,2-4H2,1H3,(H2,7,9). The number of primary amides is 1. The monoisotopic (exact) mass is 144 g/mol. The van der Waals surface area contributed by atoms with E-state index < -0.39 is 5.60 Å². The molecule has 0 bridgehead atoms. The fourth-order valence-electron chi connectivity index (χ4n) is 1.25. The number of hydrogen-bond acceptors (Lipinski definition) is 3. The summed E-state index contributed by atoms with van der Waals surface area (Å²) in [4.78, 5) is 12.1. The van der Waals surface area contributed by atoms with Crippen molar-refractivity contribution in [1.82, 2.24) is 4.90 Å². The summed E-state index contributed by atoms with van der Waals surface area (Å²) in [6.45, 7) is 3.10. The average Bonchev–Trinajstić information content (AvgIpc) is 1.57. The third-order valence-corrected chi connectivity index (χ3v) is 1.51. The molecule has 4 heteroatoms. The SMILES string of the molecule is CC1(O)CN(CC(N)=O)C1. The van der Waals surface area contributed by atoms with Gasteiger partial charge in [-0.1, -0.05) is 0 Å². The maximum Gasteiger partial charge on any atom is 0.231 e.